The number of likely N-dealkylation sites (N-methyl/N-ethyl adjacent to an activating group) is 1. The van der Waals surface area contributed by atoms with Gasteiger partial charge in [0.25, 0.3) is 0 Å². The predicted molar refractivity (Wildman–Crippen MR) is 107 cm³/mol. The van der Waals surface area contributed by atoms with Crippen LogP contribution in [-0.4, -0.2) is 62.4 Å². The molecule has 0 unspecified atom stereocenters. The lowest BCUT2D eigenvalue weighted by atomic mass is 10.1. The second-order valence-corrected chi connectivity index (χ2v) is 7.66. The maximum Gasteiger partial charge on any atom is 0.136 e. The number of benzene rings is 1. The van der Waals surface area contributed by atoms with E-state index in [4.69, 9.17) is 16.3 Å². The summed E-state index contributed by atoms with van der Waals surface area (Å²) < 4.78 is 5.72. The molecule has 4 rings (SSSR count). The quantitative estimate of drug-likeness (QED) is 0.815. The number of aromatic nitrogens is 1. The summed E-state index contributed by atoms with van der Waals surface area (Å²) in [5.74, 6) is 0. The normalized spacial score (nSPS) is 21.6. The Labute approximate surface area is 160 Å². The molecule has 6 heteroatoms. The fourth-order valence-electron chi connectivity index (χ4n) is 3.92. The van der Waals surface area contributed by atoms with Gasteiger partial charge in [0.1, 0.15) is 5.15 Å². The van der Waals surface area contributed by atoms with Gasteiger partial charge in [-0.2, -0.15) is 0 Å². The fraction of sp³-hybridized carbons (Fsp3) is 0.550. The molecule has 2 aliphatic rings. The second kappa shape index (κ2) is 8.09. The zero-order chi connectivity index (χ0) is 17.9. The molecule has 26 heavy (non-hydrogen) atoms. The number of fused-ring (bicyclic) bond motifs is 1. The molecular formula is C20H27ClN4O. The molecule has 1 aromatic carbocycles. The summed E-state index contributed by atoms with van der Waals surface area (Å²) in [6.07, 6.45) is 2.63. The van der Waals surface area contributed by atoms with Crippen molar-refractivity contribution in [3.05, 3.63) is 35.0 Å². The van der Waals surface area contributed by atoms with Crippen molar-refractivity contribution < 1.29 is 4.74 Å². The van der Waals surface area contributed by atoms with Crippen molar-refractivity contribution in [2.45, 2.75) is 25.5 Å². The minimum Gasteiger partial charge on any atom is -0.377 e. The number of rotatable bonds is 5. The largest absolute Gasteiger partial charge is 0.377 e. The number of ether oxygens (including phenoxy) is 1. The highest BCUT2D eigenvalue weighted by molar-refractivity contribution is 6.31. The molecule has 0 amide bonds. The number of pyridine rings is 1. The first kappa shape index (κ1) is 18.0. The highest BCUT2D eigenvalue weighted by atomic mass is 35.5. The summed E-state index contributed by atoms with van der Waals surface area (Å²) in [4.78, 5) is 9.50. The predicted octanol–water partition coefficient (Wildman–Crippen LogP) is 2.91. The number of nitrogens with zero attached hydrogens (tertiary/aromatic N) is 3. The van der Waals surface area contributed by atoms with Crippen LogP contribution in [0.4, 0.5) is 5.69 Å². The SMILES string of the molecule is CN1CCN(c2c(CNC[C@@H]3CCCO3)c(Cl)nc3ccccc23)CC1. The summed E-state index contributed by atoms with van der Waals surface area (Å²) in [6, 6.07) is 8.32. The first-order valence-corrected chi connectivity index (χ1v) is 9.93. The third kappa shape index (κ3) is 3.81. The lowest BCUT2D eigenvalue weighted by Gasteiger charge is -2.36. The molecule has 1 atom stereocenters. The van der Waals surface area contributed by atoms with Crippen molar-refractivity contribution in [2.24, 2.45) is 0 Å². The van der Waals surface area contributed by atoms with Crippen LogP contribution in [0.25, 0.3) is 10.9 Å². The van der Waals surface area contributed by atoms with Gasteiger partial charge in [0.2, 0.25) is 0 Å². The molecule has 0 bridgehead atoms. The third-order valence-corrected chi connectivity index (χ3v) is 5.74. The average molecular weight is 375 g/mol. The van der Waals surface area contributed by atoms with E-state index >= 15 is 0 Å². The Morgan fingerprint density at radius 3 is 2.81 bits per heavy atom. The van der Waals surface area contributed by atoms with E-state index in [1.54, 1.807) is 0 Å². The second-order valence-electron chi connectivity index (χ2n) is 7.30. The molecule has 5 nitrogen and oxygen atoms in total. The molecule has 0 radical (unpaired) electrons. The van der Waals surface area contributed by atoms with Gasteiger partial charge in [-0.1, -0.05) is 29.8 Å². The van der Waals surface area contributed by atoms with Crippen LogP contribution in [0.3, 0.4) is 0 Å². The molecule has 1 aromatic heterocycles. The Balaban J connectivity index is 1.63. The summed E-state index contributed by atoms with van der Waals surface area (Å²) in [5, 5.41) is 5.35. The molecular weight excluding hydrogens is 348 g/mol. The van der Waals surface area contributed by atoms with Crippen molar-refractivity contribution in [1.29, 1.82) is 0 Å². The third-order valence-electron chi connectivity index (χ3n) is 5.43. The van der Waals surface area contributed by atoms with Gasteiger partial charge >= 0.3 is 0 Å². The average Bonchev–Trinajstić information content (AvgIpc) is 3.16. The van der Waals surface area contributed by atoms with Gasteiger partial charge in [-0.05, 0) is 26.0 Å². The first-order valence-electron chi connectivity index (χ1n) is 9.55. The highest BCUT2D eigenvalue weighted by Gasteiger charge is 2.23. The van der Waals surface area contributed by atoms with Crippen LogP contribution in [0.5, 0.6) is 0 Å². The minimum absolute atomic E-state index is 0.328. The molecule has 2 aromatic rings. The summed E-state index contributed by atoms with van der Waals surface area (Å²) in [6.45, 7) is 6.63. The van der Waals surface area contributed by atoms with E-state index in [1.165, 1.54) is 11.1 Å². The smallest absolute Gasteiger partial charge is 0.136 e. The molecule has 2 aliphatic heterocycles. The van der Waals surface area contributed by atoms with Crippen LogP contribution in [0, 0.1) is 0 Å². The Kier molecular flexibility index (Phi) is 5.60. The zero-order valence-corrected chi connectivity index (χ0v) is 16.1. The number of piperazine rings is 1. The standard InChI is InChI=1S/C20H27ClN4O/c1-24-8-10-25(11-9-24)19-16-6-2-3-7-18(16)23-20(21)17(19)14-22-13-15-5-4-12-26-15/h2-3,6-7,15,22H,4-5,8-14H2,1H3/t15-/m0/s1. The molecule has 0 saturated carbocycles. The van der Waals surface area contributed by atoms with Crippen molar-refractivity contribution >= 4 is 28.2 Å². The topological polar surface area (TPSA) is 40.6 Å². The Morgan fingerprint density at radius 2 is 2.04 bits per heavy atom. The van der Waals surface area contributed by atoms with E-state index in [-0.39, 0.29) is 0 Å². The molecule has 0 spiro atoms. The summed E-state index contributed by atoms with van der Waals surface area (Å²) in [5.41, 5.74) is 3.32. The monoisotopic (exact) mass is 374 g/mol. The number of hydrogen-bond acceptors (Lipinski definition) is 5. The van der Waals surface area contributed by atoms with Gasteiger partial charge in [-0.3, -0.25) is 0 Å². The summed E-state index contributed by atoms with van der Waals surface area (Å²) >= 11 is 6.63. The van der Waals surface area contributed by atoms with Crippen molar-refractivity contribution in [2.75, 3.05) is 51.3 Å². The Hall–Kier alpha value is -1.40. The Morgan fingerprint density at radius 1 is 1.23 bits per heavy atom. The van der Waals surface area contributed by atoms with Crippen LogP contribution in [0.15, 0.2) is 24.3 Å². The highest BCUT2D eigenvalue weighted by Crippen LogP contribution is 2.34. The van der Waals surface area contributed by atoms with Gasteiger partial charge in [0.15, 0.2) is 0 Å². The van der Waals surface area contributed by atoms with E-state index in [1.807, 2.05) is 12.1 Å². The molecule has 2 fully saturated rings. The van der Waals surface area contributed by atoms with E-state index < -0.39 is 0 Å². The number of hydrogen-bond donors (Lipinski definition) is 1. The first-order chi connectivity index (χ1) is 12.7. The minimum atomic E-state index is 0.328. The van der Waals surface area contributed by atoms with E-state index in [0.717, 1.165) is 69.8 Å². The van der Waals surface area contributed by atoms with Crippen LogP contribution >= 0.6 is 11.6 Å². The summed E-state index contributed by atoms with van der Waals surface area (Å²) in [7, 11) is 2.18. The van der Waals surface area contributed by atoms with E-state index in [0.29, 0.717) is 11.3 Å². The number of anilines is 1. The molecule has 3 heterocycles. The van der Waals surface area contributed by atoms with E-state index in [9.17, 15) is 0 Å². The Bertz CT molecular complexity index is 755. The van der Waals surface area contributed by atoms with Crippen LogP contribution in [0.1, 0.15) is 18.4 Å². The lowest BCUT2D eigenvalue weighted by Crippen LogP contribution is -2.45. The van der Waals surface area contributed by atoms with Gasteiger partial charge < -0.3 is 19.9 Å². The van der Waals surface area contributed by atoms with Gasteiger partial charge in [-0.15, -0.1) is 0 Å². The van der Waals surface area contributed by atoms with Crippen LogP contribution in [-0.2, 0) is 11.3 Å². The zero-order valence-electron chi connectivity index (χ0n) is 15.4. The van der Waals surface area contributed by atoms with Crippen molar-refractivity contribution in [3.8, 4) is 0 Å². The fourth-order valence-corrected chi connectivity index (χ4v) is 4.16. The van der Waals surface area contributed by atoms with E-state index in [2.05, 4.69) is 39.3 Å². The van der Waals surface area contributed by atoms with Gasteiger partial charge in [0.05, 0.1) is 17.3 Å². The van der Waals surface area contributed by atoms with Crippen LogP contribution < -0.4 is 10.2 Å². The lowest BCUT2D eigenvalue weighted by molar-refractivity contribution is 0.110. The molecule has 0 aliphatic carbocycles. The van der Waals surface area contributed by atoms with Crippen molar-refractivity contribution in [3.63, 3.8) is 0 Å². The maximum atomic E-state index is 6.63. The molecule has 1 N–H and O–H groups in total. The number of para-hydroxylation sites is 1. The van der Waals surface area contributed by atoms with Crippen molar-refractivity contribution in [1.82, 2.24) is 15.2 Å². The molecule has 2 saturated heterocycles. The number of halogens is 1. The maximum absolute atomic E-state index is 6.63. The molecule has 140 valence electrons. The van der Waals surface area contributed by atoms with Gasteiger partial charge in [-0.25, -0.2) is 4.98 Å². The number of nitrogens with one attached hydrogen (secondary N) is 1. The van der Waals surface area contributed by atoms with Gasteiger partial charge in [0, 0.05) is 56.8 Å². The van der Waals surface area contributed by atoms with Crippen LogP contribution in [0.2, 0.25) is 5.15 Å².